The second kappa shape index (κ2) is 8.95. The van der Waals surface area contributed by atoms with Crippen molar-refractivity contribution in [1.29, 1.82) is 0 Å². The van der Waals surface area contributed by atoms with Crippen LogP contribution in [-0.2, 0) is 11.2 Å². The second-order valence-electron chi connectivity index (χ2n) is 6.76. The molecule has 30 heavy (non-hydrogen) atoms. The van der Waals surface area contributed by atoms with Gasteiger partial charge in [0.25, 0.3) is 0 Å². The van der Waals surface area contributed by atoms with E-state index in [1.165, 1.54) is 11.0 Å². The SMILES string of the molecule is Cc1cc(NC(=O)C(Cc2ccccc2)n2cnnn2)ccc1Oc1cccnc1. The number of anilines is 1. The summed E-state index contributed by atoms with van der Waals surface area (Å²) in [6, 6.07) is 18.3. The number of tetrazole rings is 1. The summed E-state index contributed by atoms with van der Waals surface area (Å²) < 4.78 is 7.32. The third kappa shape index (κ3) is 4.67. The highest BCUT2D eigenvalue weighted by molar-refractivity contribution is 5.94. The van der Waals surface area contributed by atoms with Gasteiger partial charge < -0.3 is 10.1 Å². The molecule has 0 aliphatic carbocycles. The largest absolute Gasteiger partial charge is 0.455 e. The number of aromatic nitrogens is 5. The Kier molecular flexibility index (Phi) is 5.75. The van der Waals surface area contributed by atoms with Crippen LogP contribution in [0.1, 0.15) is 17.2 Å². The zero-order valence-corrected chi connectivity index (χ0v) is 16.3. The molecule has 150 valence electrons. The highest BCUT2D eigenvalue weighted by Crippen LogP contribution is 2.27. The first-order chi connectivity index (χ1) is 14.7. The highest BCUT2D eigenvalue weighted by atomic mass is 16.5. The maximum Gasteiger partial charge on any atom is 0.249 e. The van der Waals surface area contributed by atoms with Crippen LogP contribution in [0.5, 0.6) is 11.5 Å². The van der Waals surface area contributed by atoms with E-state index in [1.807, 2.05) is 61.5 Å². The number of nitrogens with one attached hydrogen (secondary N) is 1. The van der Waals surface area contributed by atoms with Crippen molar-refractivity contribution in [3.63, 3.8) is 0 Å². The van der Waals surface area contributed by atoms with Crippen LogP contribution < -0.4 is 10.1 Å². The lowest BCUT2D eigenvalue weighted by Gasteiger charge is -2.17. The maximum absolute atomic E-state index is 13.0. The first kappa shape index (κ1) is 19.3. The molecule has 1 atom stereocenters. The van der Waals surface area contributed by atoms with E-state index in [1.54, 1.807) is 18.5 Å². The minimum absolute atomic E-state index is 0.202. The van der Waals surface area contributed by atoms with E-state index in [9.17, 15) is 4.79 Å². The van der Waals surface area contributed by atoms with Crippen molar-refractivity contribution in [1.82, 2.24) is 25.2 Å². The first-order valence-electron chi connectivity index (χ1n) is 9.45. The number of amides is 1. The Hall–Kier alpha value is -4.07. The Morgan fingerprint density at radius 2 is 2.00 bits per heavy atom. The number of rotatable bonds is 7. The molecular weight excluding hydrogens is 380 g/mol. The number of ether oxygens (including phenoxy) is 1. The highest BCUT2D eigenvalue weighted by Gasteiger charge is 2.22. The molecule has 8 nitrogen and oxygen atoms in total. The van der Waals surface area contributed by atoms with Crippen LogP contribution in [0.3, 0.4) is 0 Å². The molecule has 0 radical (unpaired) electrons. The zero-order chi connectivity index (χ0) is 20.8. The summed E-state index contributed by atoms with van der Waals surface area (Å²) in [6.45, 7) is 1.92. The van der Waals surface area contributed by atoms with Crippen LogP contribution in [0.25, 0.3) is 0 Å². The monoisotopic (exact) mass is 400 g/mol. The van der Waals surface area contributed by atoms with Crippen LogP contribution in [-0.4, -0.2) is 31.1 Å². The van der Waals surface area contributed by atoms with Crippen molar-refractivity contribution in [3.8, 4) is 11.5 Å². The van der Waals surface area contributed by atoms with Gasteiger partial charge in [-0.1, -0.05) is 30.3 Å². The molecule has 8 heteroatoms. The van der Waals surface area contributed by atoms with Gasteiger partial charge in [-0.25, -0.2) is 4.68 Å². The number of carbonyl (C=O) groups is 1. The average Bonchev–Trinajstić information content (AvgIpc) is 3.30. The van der Waals surface area contributed by atoms with E-state index >= 15 is 0 Å². The van der Waals surface area contributed by atoms with Gasteiger partial charge in [0.1, 0.15) is 23.9 Å². The molecule has 0 aliphatic heterocycles. The minimum Gasteiger partial charge on any atom is -0.455 e. The third-order valence-electron chi connectivity index (χ3n) is 4.56. The summed E-state index contributed by atoms with van der Waals surface area (Å²) in [5.41, 5.74) is 2.57. The van der Waals surface area contributed by atoms with E-state index in [-0.39, 0.29) is 5.91 Å². The fourth-order valence-corrected chi connectivity index (χ4v) is 3.06. The van der Waals surface area contributed by atoms with Gasteiger partial charge >= 0.3 is 0 Å². The van der Waals surface area contributed by atoms with Crippen LogP contribution in [0, 0.1) is 6.92 Å². The Bertz CT molecular complexity index is 1100. The molecule has 4 rings (SSSR count). The summed E-state index contributed by atoms with van der Waals surface area (Å²) in [5, 5.41) is 14.2. The molecule has 2 aromatic carbocycles. The molecular formula is C22H20N6O2. The van der Waals surface area contributed by atoms with Gasteiger partial charge in [-0.3, -0.25) is 9.78 Å². The topological polar surface area (TPSA) is 94.8 Å². The van der Waals surface area contributed by atoms with Crippen LogP contribution in [0.4, 0.5) is 5.69 Å². The number of hydrogen-bond donors (Lipinski definition) is 1. The van der Waals surface area contributed by atoms with E-state index in [4.69, 9.17) is 4.74 Å². The Morgan fingerprint density at radius 1 is 1.13 bits per heavy atom. The number of nitrogens with zero attached hydrogens (tertiary/aromatic N) is 5. The predicted molar refractivity (Wildman–Crippen MR) is 111 cm³/mol. The molecule has 0 aliphatic rings. The van der Waals surface area contributed by atoms with E-state index in [2.05, 4.69) is 25.8 Å². The lowest BCUT2D eigenvalue weighted by molar-refractivity contribution is -0.119. The first-order valence-corrected chi connectivity index (χ1v) is 9.45. The van der Waals surface area contributed by atoms with Crippen molar-refractivity contribution >= 4 is 11.6 Å². The van der Waals surface area contributed by atoms with Crippen LogP contribution in [0.2, 0.25) is 0 Å². The fourth-order valence-electron chi connectivity index (χ4n) is 3.06. The molecule has 0 saturated heterocycles. The number of aryl methyl sites for hydroxylation is 1. The predicted octanol–water partition coefficient (Wildman–Crippen LogP) is 3.59. The van der Waals surface area contributed by atoms with Crippen molar-refractivity contribution in [2.45, 2.75) is 19.4 Å². The molecule has 1 N–H and O–H groups in total. The van der Waals surface area contributed by atoms with E-state index in [0.29, 0.717) is 23.6 Å². The lowest BCUT2D eigenvalue weighted by Crippen LogP contribution is -2.28. The fraction of sp³-hybridized carbons (Fsp3) is 0.136. The summed E-state index contributed by atoms with van der Waals surface area (Å²) in [7, 11) is 0. The maximum atomic E-state index is 13.0. The van der Waals surface area contributed by atoms with Gasteiger partial charge in [0, 0.05) is 18.3 Å². The summed E-state index contributed by atoms with van der Waals surface area (Å²) in [5.74, 6) is 1.15. The van der Waals surface area contributed by atoms with Crippen molar-refractivity contribution in [3.05, 3.63) is 90.5 Å². The second-order valence-corrected chi connectivity index (χ2v) is 6.76. The molecule has 1 amide bonds. The van der Waals surface area contributed by atoms with Gasteiger partial charge in [-0.15, -0.1) is 5.10 Å². The molecule has 0 saturated carbocycles. The van der Waals surface area contributed by atoms with Crippen molar-refractivity contribution in [2.24, 2.45) is 0 Å². The quantitative estimate of drug-likeness (QED) is 0.509. The number of hydrogen-bond acceptors (Lipinski definition) is 6. The smallest absolute Gasteiger partial charge is 0.249 e. The van der Waals surface area contributed by atoms with Gasteiger partial charge in [0.2, 0.25) is 5.91 Å². The molecule has 2 aromatic heterocycles. The number of pyridine rings is 1. The number of carbonyl (C=O) groups excluding carboxylic acids is 1. The molecule has 0 fully saturated rings. The van der Waals surface area contributed by atoms with Gasteiger partial charge in [0.15, 0.2) is 0 Å². The molecule has 2 heterocycles. The zero-order valence-electron chi connectivity index (χ0n) is 16.3. The summed E-state index contributed by atoms with van der Waals surface area (Å²) in [4.78, 5) is 17.1. The van der Waals surface area contributed by atoms with E-state index < -0.39 is 6.04 Å². The van der Waals surface area contributed by atoms with Crippen LogP contribution in [0.15, 0.2) is 79.4 Å². The Morgan fingerprint density at radius 3 is 2.70 bits per heavy atom. The average molecular weight is 400 g/mol. The molecule has 1 unspecified atom stereocenters. The van der Waals surface area contributed by atoms with Crippen LogP contribution >= 0.6 is 0 Å². The molecule has 4 aromatic rings. The normalized spacial score (nSPS) is 11.6. The Balaban J connectivity index is 1.50. The standard InChI is InChI=1S/C22H20N6O2/c1-16-12-18(9-10-21(16)30-19-8-5-11-23-14-19)25-22(29)20(28-15-24-26-27-28)13-17-6-3-2-4-7-17/h2-12,14-15,20H,13H2,1H3,(H,25,29). The van der Waals surface area contributed by atoms with Gasteiger partial charge in [-0.2, -0.15) is 0 Å². The molecule has 0 bridgehead atoms. The van der Waals surface area contributed by atoms with Crippen molar-refractivity contribution in [2.75, 3.05) is 5.32 Å². The molecule has 0 spiro atoms. The third-order valence-corrected chi connectivity index (χ3v) is 4.56. The minimum atomic E-state index is -0.575. The summed E-state index contributed by atoms with van der Waals surface area (Å²) >= 11 is 0. The van der Waals surface area contributed by atoms with E-state index in [0.717, 1.165) is 11.1 Å². The van der Waals surface area contributed by atoms with Gasteiger partial charge in [-0.05, 0) is 58.8 Å². The summed E-state index contributed by atoms with van der Waals surface area (Å²) in [6.07, 6.45) is 5.26. The van der Waals surface area contributed by atoms with Gasteiger partial charge in [0.05, 0.1) is 6.20 Å². The Labute approximate surface area is 173 Å². The number of benzene rings is 2. The van der Waals surface area contributed by atoms with Crippen molar-refractivity contribution < 1.29 is 9.53 Å². The lowest BCUT2D eigenvalue weighted by atomic mass is 10.1.